The van der Waals surface area contributed by atoms with E-state index in [0.717, 1.165) is 10.1 Å². The summed E-state index contributed by atoms with van der Waals surface area (Å²) in [6.07, 6.45) is 0. The van der Waals surface area contributed by atoms with Gasteiger partial charge in [0.2, 0.25) is 0 Å². The Morgan fingerprint density at radius 3 is 2.65 bits per heavy atom. The van der Waals surface area contributed by atoms with Gasteiger partial charge in [-0.15, -0.1) is 11.3 Å². The van der Waals surface area contributed by atoms with Crippen molar-refractivity contribution >= 4 is 37.2 Å². The predicted molar refractivity (Wildman–Crippen MR) is 90.5 cm³/mol. The van der Waals surface area contributed by atoms with Gasteiger partial charge in [0.05, 0.1) is 21.6 Å². The fourth-order valence-corrected chi connectivity index (χ4v) is 5.60. The summed E-state index contributed by atoms with van der Waals surface area (Å²) in [7, 11) is -3.32. The summed E-state index contributed by atoms with van der Waals surface area (Å²) < 4.78 is 25.4. The van der Waals surface area contributed by atoms with Gasteiger partial charge in [-0.1, -0.05) is 36.4 Å². The SMILES string of the molecule is O=C(NC1CS(=O)(=O)c2ccccc21)c1cc2ccccc2s1. The lowest BCUT2D eigenvalue weighted by Gasteiger charge is -2.11. The van der Waals surface area contributed by atoms with E-state index in [1.54, 1.807) is 24.3 Å². The Kier molecular flexibility index (Phi) is 3.25. The molecule has 1 aliphatic heterocycles. The molecule has 116 valence electrons. The zero-order valence-corrected chi connectivity index (χ0v) is 13.7. The summed E-state index contributed by atoms with van der Waals surface area (Å²) in [5.74, 6) is -0.314. The molecule has 0 bridgehead atoms. The van der Waals surface area contributed by atoms with E-state index >= 15 is 0 Å². The van der Waals surface area contributed by atoms with Crippen molar-refractivity contribution in [2.45, 2.75) is 10.9 Å². The van der Waals surface area contributed by atoms with Gasteiger partial charge in [-0.25, -0.2) is 8.42 Å². The minimum absolute atomic E-state index is 0.0804. The van der Waals surface area contributed by atoms with E-state index in [1.165, 1.54) is 11.3 Å². The van der Waals surface area contributed by atoms with Crippen LogP contribution in [0.1, 0.15) is 21.3 Å². The molecule has 1 aliphatic rings. The van der Waals surface area contributed by atoms with E-state index in [-0.39, 0.29) is 11.7 Å². The van der Waals surface area contributed by atoms with E-state index in [0.29, 0.717) is 15.3 Å². The molecular weight excluding hydrogens is 330 g/mol. The summed E-state index contributed by atoms with van der Waals surface area (Å²) >= 11 is 1.41. The van der Waals surface area contributed by atoms with Crippen LogP contribution in [-0.4, -0.2) is 20.1 Å². The third-order valence-corrected chi connectivity index (χ3v) is 6.90. The largest absolute Gasteiger partial charge is 0.343 e. The number of benzene rings is 2. The molecule has 1 atom stereocenters. The smallest absolute Gasteiger partial charge is 0.261 e. The summed E-state index contributed by atoms with van der Waals surface area (Å²) in [6, 6.07) is 16.0. The number of hydrogen-bond acceptors (Lipinski definition) is 4. The molecule has 0 fully saturated rings. The first-order valence-electron chi connectivity index (χ1n) is 7.16. The Hall–Kier alpha value is -2.18. The third kappa shape index (κ3) is 2.44. The van der Waals surface area contributed by atoms with Crippen LogP contribution < -0.4 is 5.32 Å². The highest BCUT2D eigenvalue weighted by Crippen LogP contribution is 2.33. The molecule has 0 spiro atoms. The number of nitrogens with one attached hydrogen (secondary N) is 1. The van der Waals surface area contributed by atoms with Crippen molar-refractivity contribution in [2.75, 3.05) is 5.75 Å². The van der Waals surface area contributed by atoms with E-state index in [2.05, 4.69) is 5.32 Å². The minimum atomic E-state index is -3.32. The Balaban J connectivity index is 1.65. The van der Waals surface area contributed by atoms with Crippen molar-refractivity contribution in [3.63, 3.8) is 0 Å². The van der Waals surface area contributed by atoms with Gasteiger partial charge in [-0.2, -0.15) is 0 Å². The molecule has 0 radical (unpaired) electrons. The van der Waals surface area contributed by atoms with Gasteiger partial charge in [0.25, 0.3) is 5.91 Å². The first-order valence-corrected chi connectivity index (χ1v) is 9.62. The first kappa shape index (κ1) is 14.4. The summed E-state index contributed by atoms with van der Waals surface area (Å²) in [5, 5.41) is 3.88. The summed E-state index contributed by atoms with van der Waals surface area (Å²) in [4.78, 5) is 13.4. The highest BCUT2D eigenvalue weighted by molar-refractivity contribution is 7.91. The van der Waals surface area contributed by atoms with Crippen LogP contribution in [0.2, 0.25) is 0 Å². The predicted octanol–water partition coefficient (Wildman–Crippen LogP) is 3.16. The second-order valence-corrected chi connectivity index (χ2v) is 8.58. The Morgan fingerprint density at radius 2 is 1.83 bits per heavy atom. The first-order chi connectivity index (χ1) is 11.0. The van der Waals surface area contributed by atoms with Gasteiger partial charge in [0.1, 0.15) is 0 Å². The van der Waals surface area contributed by atoms with Gasteiger partial charge >= 0.3 is 0 Å². The maximum atomic E-state index is 12.5. The van der Waals surface area contributed by atoms with Crippen LogP contribution in [0.5, 0.6) is 0 Å². The van der Waals surface area contributed by atoms with Crippen molar-refractivity contribution in [3.8, 4) is 0 Å². The standard InChI is InChI=1S/C17H13NO3S2/c19-17(15-9-11-5-1-3-7-14(11)22-15)18-13-10-23(20,21)16-8-4-2-6-12(13)16/h1-9,13H,10H2,(H,18,19). The zero-order valence-electron chi connectivity index (χ0n) is 12.0. The molecule has 1 unspecified atom stereocenters. The lowest BCUT2D eigenvalue weighted by atomic mass is 10.1. The number of carbonyl (C=O) groups excluding carboxylic acids is 1. The molecule has 0 saturated carbocycles. The fourth-order valence-electron chi connectivity index (χ4n) is 2.89. The highest BCUT2D eigenvalue weighted by atomic mass is 32.2. The number of fused-ring (bicyclic) bond motifs is 2. The van der Waals surface area contributed by atoms with Crippen molar-refractivity contribution in [3.05, 3.63) is 65.0 Å². The Bertz CT molecular complexity index is 988. The number of thiophene rings is 1. The van der Waals surface area contributed by atoms with E-state index in [9.17, 15) is 13.2 Å². The van der Waals surface area contributed by atoms with Crippen molar-refractivity contribution in [1.82, 2.24) is 5.32 Å². The number of sulfone groups is 1. The number of carbonyl (C=O) groups is 1. The van der Waals surface area contributed by atoms with Gasteiger partial charge < -0.3 is 5.32 Å². The molecule has 2 aromatic carbocycles. The quantitative estimate of drug-likeness (QED) is 0.777. The number of hydrogen-bond donors (Lipinski definition) is 1. The number of rotatable bonds is 2. The van der Waals surface area contributed by atoms with E-state index in [1.807, 2.05) is 30.3 Å². The molecule has 3 aromatic rings. The molecule has 2 heterocycles. The maximum absolute atomic E-state index is 12.5. The van der Waals surface area contributed by atoms with E-state index in [4.69, 9.17) is 0 Å². The number of amides is 1. The van der Waals surface area contributed by atoms with Crippen LogP contribution in [0.4, 0.5) is 0 Å². The highest BCUT2D eigenvalue weighted by Gasteiger charge is 2.35. The average Bonchev–Trinajstić information content (AvgIpc) is 3.07. The van der Waals surface area contributed by atoms with Gasteiger partial charge in [-0.05, 0) is 29.1 Å². The van der Waals surface area contributed by atoms with Crippen LogP contribution in [0.25, 0.3) is 10.1 Å². The lowest BCUT2D eigenvalue weighted by molar-refractivity contribution is 0.0945. The Labute approximate surface area is 137 Å². The lowest BCUT2D eigenvalue weighted by Crippen LogP contribution is -2.28. The second kappa shape index (κ2) is 5.18. The fraction of sp³-hybridized carbons (Fsp3) is 0.118. The van der Waals surface area contributed by atoms with E-state index < -0.39 is 15.9 Å². The second-order valence-electron chi connectivity index (χ2n) is 5.49. The molecular formula is C17H13NO3S2. The van der Waals surface area contributed by atoms with Crippen LogP contribution in [0, 0.1) is 0 Å². The normalized spacial score (nSPS) is 18.7. The van der Waals surface area contributed by atoms with Gasteiger partial charge in [0.15, 0.2) is 9.84 Å². The van der Waals surface area contributed by atoms with Crippen molar-refractivity contribution in [1.29, 1.82) is 0 Å². The van der Waals surface area contributed by atoms with Crippen molar-refractivity contribution < 1.29 is 13.2 Å². The Morgan fingerprint density at radius 1 is 1.09 bits per heavy atom. The van der Waals surface area contributed by atoms with Crippen LogP contribution >= 0.6 is 11.3 Å². The van der Waals surface area contributed by atoms with Crippen molar-refractivity contribution in [2.24, 2.45) is 0 Å². The molecule has 1 amide bonds. The van der Waals surface area contributed by atoms with Crippen LogP contribution in [0.15, 0.2) is 59.5 Å². The molecule has 0 saturated heterocycles. The molecule has 6 heteroatoms. The van der Waals surface area contributed by atoms with Gasteiger partial charge in [0, 0.05) is 4.70 Å². The molecule has 0 aliphatic carbocycles. The topological polar surface area (TPSA) is 63.2 Å². The molecule has 4 rings (SSSR count). The molecule has 1 aromatic heterocycles. The monoisotopic (exact) mass is 343 g/mol. The molecule has 1 N–H and O–H groups in total. The van der Waals surface area contributed by atoms with Crippen LogP contribution in [-0.2, 0) is 9.84 Å². The maximum Gasteiger partial charge on any atom is 0.261 e. The summed E-state index contributed by atoms with van der Waals surface area (Å²) in [6.45, 7) is 0. The summed E-state index contributed by atoms with van der Waals surface area (Å²) in [5.41, 5.74) is 0.668. The van der Waals surface area contributed by atoms with Crippen LogP contribution in [0.3, 0.4) is 0 Å². The zero-order chi connectivity index (χ0) is 16.0. The molecule has 23 heavy (non-hydrogen) atoms. The van der Waals surface area contributed by atoms with Gasteiger partial charge in [-0.3, -0.25) is 4.79 Å². The minimum Gasteiger partial charge on any atom is -0.343 e. The molecule has 4 nitrogen and oxygen atoms in total. The average molecular weight is 343 g/mol. The third-order valence-electron chi connectivity index (χ3n) is 3.97.